The Hall–Kier alpha value is -1.66. The van der Waals surface area contributed by atoms with E-state index in [2.05, 4.69) is 10.9 Å². The lowest BCUT2D eigenvalue weighted by Gasteiger charge is -2.15. The Morgan fingerprint density at radius 2 is 2.38 bits per heavy atom. The molecule has 1 aromatic carbocycles. The SMILES string of the molecule is Cc1cccc(C(=O)NN2NC=C(N)S2)c1. The van der Waals surface area contributed by atoms with E-state index in [0.717, 1.165) is 5.56 Å². The normalized spacial score (nSPS) is 15.4. The molecule has 4 N–H and O–H groups in total. The highest BCUT2D eigenvalue weighted by atomic mass is 32.2. The number of carbonyl (C=O) groups is 1. The molecule has 0 atom stereocenters. The second kappa shape index (κ2) is 4.46. The molecule has 0 unspecified atom stereocenters. The van der Waals surface area contributed by atoms with Crippen molar-refractivity contribution in [1.29, 1.82) is 0 Å². The van der Waals surface area contributed by atoms with Gasteiger partial charge in [0.15, 0.2) is 0 Å². The zero-order valence-corrected chi connectivity index (χ0v) is 9.54. The largest absolute Gasteiger partial charge is 0.391 e. The van der Waals surface area contributed by atoms with E-state index in [4.69, 9.17) is 5.73 Å². The summed E-state index contributed by atoms with van der Waals surface area (Å²) in [6.07, 6.45) is 1.61. The van der Waals surface area contributed by atoms with Gasteiger partial charge in [-0.05, 0) is 19.1 Å². The Morgan fingerprint density at radius 1 is 1.56 bits per heavy atom. The fraction of sp³-hybridized carbons (Fsp3) is 0.100. The van der Waals surface area contributed by atoms with Crippen LogP contribution in [0.5, 0.6) is 0 Å². The number of nitrogens with one attached hydrogen (secondary N) is 2. The van der Waals surface area contributed by atoms with E-state index in [-0.39, 0.29) is 5.91 Å². The van der Waals surface area contributed by atoms with Crippen LogP contribution in [0, 0.1) is 6.92 Å². The number of hydrogen-bond acceptors (Lipinski definition) is 5. The molecule has 0 saturated heterocycles. The summed E-state index contributed by atoms with van der Waals surface area (Å²) >= 11 is 1.22. The van der Waals surface area contributed by atoms with Crippen molar-refractivity contribution < 1.29 is 4.79 Å². The second-order valence-electron chi connectivity index (χ2n) is 3.37. The van der Waals surface area contributed by atoms with E-state index in [0.29, 0.717) is 10.6 Å². The van der Waals surface area contributed by atoms with Crippen molar-refractivity contribution in [2.24, 2.45) is 5.73 Å². The lowest BCUT2D eigenvalue weighted by atomic mass is 10.1. The number of rotatable bonds is 2. The van der Waals surface area contributed by atoms with Crippen LogP contribution in [0.3, 0.4) is 0 Å². The molecule has 0 fully saturated rings. The first kappa shape index (κ1) is 10.8. The molecule has 0 bridgehead atoms. The summed E-state index contributed by atoms with van der Waals surface area (Å²) in [5, 5.41) is 0.601. The van der Waals surface area contributed by atoms with Crippen molar-refractivity contribution >= 4 is 17.9 Å². The molecule has 0 aromatic heterocycles. The van der Waals surface area contributed by atoms with E-state index < -0.39 is 0 Å². The maximum absolute atomic E-state index is 11.8. The summed E-state index contributed by atoms with van der Waals surface area (Å²) < 4.78 is 1.46. The molecule has 1 aromatic rings. The monoisotopic (exact) mass is 236 g/mol. The van der Waals surface area contributed by atoms with E-state index in [1.165, 1.54) is 16.5 Å². The van der Waals surface area contributed by atoms with Crippen LogP contribution >= 0.6 is 11.9 Å². The van der Waals surface area contributed by atoms with Crippen molar-refractivity contribution in [2.75, 3.05) is 0 Å². The van der Waals surface area contributed by atoms with Gasteiger partial charge in [0.05, 0.1) is 0 Å². The van der Waals surface area contributed by atoms with Gasteiger partial charge in [-0.3, -0.25) is 15.6 Å². The third-order valence-corrected chi connectivity index (χ3v) is 2.71. The van der Waals surface area contributed by atoms with Gasteiger partial charge in [0.25, 0.3) is 5.91 Å². The summed E-state index contributed by atoms with van der Waals surface area (Å²) in [7, 11) is 0. The first-order valence-corrected chi connectivity index (χ1v) is 5.50. The van der Waals surface area contributed by atoms with Crippen molar-refractivity contribution in [3.8, 4) is 0 Å². The predicted octanol–water partition coefficient (Wildman–Crippen LogP) is 0.866. The van der Waals surface area contributed by atoms with E-state index >= 15 is 0 Å². The highest BCUT2D eigenvalue weighted by molar-refractivity contribution is 8.00. The van der Waals surface area contributed by atoms with Gasteiger partial charge in [-0.25, -0.2) is 0 Å². The van der Waals surface area contributed by atoms with Gasteiger partial charge >= 0.3 is 0 Å². The Bertz CT molecular complexity index is 446. The number of hydrazine groups is 2. The standard InChI is InChI=1S/C10H12N4OS/c1-7-3-2-4-8(5-7)10(15)13-14-12-6-9(11)16-14/h2-6,12H,11H2,1H3,(H,13,15). The van der Waals surface area contributed by atoms with Gasteiger partial charge in [0.1, 0.15) is 5.03 Å². The van der Waals surface area contributed by atoms with Gasteiger partial charge in [0.2, 0.25) is 0 Å². The highest BCUT2D eigenvalue weighted by Gasteiger charge is 2.15. The zero-order valence-electron chi connectivity index (χ0n) is 8.73. The lowest BCUT2D eigenvalue weighted by molar-refractivity contribution is 0.0871. The molecule has 5 nitrogen and oxygen atoms in total. The minimum Gasteiger partial charge on any atom is -0.391 e. The minimum absolute atomic E-state index is 0.174. The first-order chi connectivity index (χ1) is 7.65. The average molecular weight is 236 g/mol. The fourth-order valence-electron chi connectivity index (χ4n) is 1.28. The molecule has 0 saturated carbocycles. The predicted molar refractivity (Wildman–Crippen MR) is 63.5 cm³/mol. The van der Waals surface area contributed by atoms with Gasteiger partial charge in [-0.1, -0.05) is 22.2 Å². The molecule has 1 aliphatic rings. The Kier molecular flexibility index (Phi) is 3.02. The molecule has 6 heteroatoms. The number of amides is 1. The lowest BCUT2D eigenvalue weighted by Crippen LogP contribution is -2.41. The molecule has 1 aliphatic heterocycles. The number of aryl methyl sites for hydroxylation is 1. The molecule has 0 spiro atoms. The van der Waals surface area contributed by atoms with Gasteiger partial charge < -0.3 is 5.73 Å². The van der Waals surface area contributed by atoms with Crippen LogP contribution in [0.25, 0.3) is 0 Å². The van der Waals surface area contributed by atoms with Crippen LogP contribution < -0.4 is 16.6 Å². The minimum atomic E-state index is -0.174. The molecule has 2 rings (SSSR count). The Balaban J connectivity index is 1.99. The van der Waals surface area contributed by atoms with Crippen LogP contribution in [-0.2, 0) is 0 Å². The number of hydrogen-bond donors (Lipinski definition) is 3. The van der Waals surface area contributed by atoms with Gasteiger partial charge in [-0.15, -0.1) is 0 Å². The van der Waals surface area contributed by atoms with Crippen LogP contribution in [0.4, 0.5) is 0 Å². The molecule has 0 aliphatic carbocycles. The van der Waals surface area contributed by atoms with Crippen molar-refractivity contribution in [2.45, 2.75) is 6.92 Å². The third kappa shape index (κ3) is 2.47. The summed E-state index contributed by atoms with van der Waals surface area (Å²) in [5.74, 6) is -0.174. The highest BCUT2D eigenvalue weighted by Crippen LogP contribution is 2.17. The summed E-state index contributed by atoms with van der Waals surface area (Å²) in [5.41, 5.74) is 12.7. The molecular formula is C10H12N4OS. The molecular weight excluding hydrogens is 224 g/mol. The van der Waals surface area contributed by atoms with Crippen LogP contribution in [0.15, 0.2) is 35.5 Å². The summed E-state index contributed by atoms with van der Waals surface area (Å²) in [6.45, 7) is 1.94. The quantitative estimate of drug-likeness (QED) is 0.665. The molecule has 16 heavy (non-hydrogen) atoms. The van der Waals surface area contributed by atoms with Crippen molar-refractivity contribution in [3.63, 3.8) is 0 Å². The number of nitrogens with zero attached hydrogens (tertiary/aromatic N) is 1. The topological polar surface area (TPSA) is 70.4 Å². The number of benzene rings is 1. The van der Waals surface area contributed by atoms with Crippen molar-refractivity contribution in [1.82, 2.24) is 15.4 Å². The molecule has 1 heterocycles. The average Bonchev–Trinajstić information content (AvgIpc) is 2.64. The van der Waals surface area contributed by atoms with E-state index in [1.807, 2.05) is 25.1 Å². The summed E-state index contributed by atoms with van der Waals surface area (Å²) in [4.78, 5) is 11.8. The summed E-state index contributed by atoms with van der Waals surface area (Å²) in [6, 6.07) is 7.38. The third-order valence-electron chi connectivity index (χ3n) is 2.00. The molecule has 84 valence electrons. The number of carbonyl (C=O) groups excluding carboxylic acids is 1. The number of nitrogens with two attached hydrogens (primary N) is 1. The van der Waals surface area contributed by atoms with Crippen LogP contribution in [0.2, 0.25) is 0 Å². The molecule has 0 radical (unpaired) electrons. The van der Waals surface area contributed by atoms with E-state index in [9.17, 15) is 4.79 Å². The van der Waals surface area contributed by atoms with Gasteiger partial charge in [-0.2, -0.15) is 0 Å². The van der Waals surface area contributed by atoms with Crippen LogP contribution in [-0.4, -0.2) is 10.4 Å². The molecule has 1 amide bonds. The Labute approximate surface area is 97.8 Å². The van der Waals surface area contributed by atoms with E-state index in [1.54, 1.807) is 12.3 Å². The smallest absolute Gasteiger partial charge is 0.267 e. The zero-order chi connectivity index (χ0) is 11.5. The van der Waals surface area contributed by atoms with Crippen LogP contribution in [0.1, 0.15) is 15.9 Å². The van der Waals surface area contributed by atoms with Crippen molar-refractivity contribution in [3.05, 3.63) is 46.6 Å². The first-order valence-electron chi connectivity index (χ1n) is 4.73. The fourth-order valence-corrected chi connectivity index (χ4v) is 1.83. The maximum Gasteiger partial charge on any atom is 0.267 e. The Morgan fingerprint density at radius 3 is 3.00 bits per heavy atom. The maximum atomic E-state index is 11.8. The second-order valence-corrected chi connectivity index (χ2v) is 4.39. The van der Waals surface area contributed by atoms with Gasteiger partial charge in [0, 0.05) is 23.7 Å².